The molecule has 1 saturated carbocycles. The first kappa shape index (κ1) is 32.8. The third kappa shape index (κ3) is 8.18. The number of ether oxygens (including phenoxy) is 9. The molecule has 2 heterocycles. The average molecular weight is 601 g/mol. The van der Waals surface area contributed by atoms with Crippen molar-refractivity contribution in [3.63, 3.8) is 0 Å². The summed E-state index contributed by atoms with van der Waals surface area (Å²) in [7, 11) is 1.24. The monoisotopic (exact) mass is 600 g/mol. The van der Waals surface area contributed by atoms with Crippen molar-refractivity contribution >= 4 is 35.8 Å². The Hall–Kier alpha value is -3.72. The highest BCUT2D eigenvalue weighted by Crippen LogP contribution is 2.48. The van der Waals surface area contributed by atoms with Crippen LogP contribution >= 0.6 is 0 Å². The number of hydrogen-bond acceptors (Lipinski definition) is 15. The van der Waals surface area contributed by atoms with Gasteiger partial charge in [-0.3, -0.25) is 24.0 Å². The first-order valence-corrected chi connectivity index (χ1v) is 13.4. The summed E-state index contributed by atoms with van der Waals surface area (Å²) in [6.07, 6.45) is -5.81. The molecule has 0 N–H and O–H groups in total. The summed E-state index contributed by atoms with van der Waals surface area (Å²) in [5, 5.41) is 0. The molecule has 0 radical (unpaired) electrons. The van der Waals surface area contributed by atoms with E-state index in [4.69, 9.17) is 42.6 Å². The zero-order valence-corrected chi connectivity index (χ0v) is 24.2. The molecule has 9 atom stereocenters. The fraction of sp³-hybridized carbons (Fsp3) is 0.704. The molecular formula is C27H36O15. The number of fused-ring (bicyclic) bond motifs is 1. The van der Waals surface area contributed by atoms with Crippen LogP contribution in [0.5, 0.6) is 0 Å². The molecule has 1 saturated heterocycles. The van der Waals surface area contributed by atoms with Crippen molar-refractivity contribution in [3.05, 3.63) is 11.8 Å². The van der Waals surface area contributed by atoms with E-state index in [1.165, 1.54) is 20.3 Å². The van der Waals surface area contributed by atoms with E-state index in [2.05, 4.69) is 0 Å². The van der Waals surface area contributed by atoms with Crippen LogP contribution in [0, 0.1) is 17.8 Å². The van der Waals surface area contributed by atoms with Gasteiger partial charge in [0.2, 0.25) is 12.6 Å². The molecule has 2 fully saturated rings. The Kier molecular flexibility index (Phi) is 11.3. The van der Waals surface area contributed by atoms with Crippen molar-refractivity contribution in [2.75, 3.05) is 20.3 Å². The highest BCUT2D eigenvalue weighted by atomic mass is 16.8. The fourth-order valence-electron chi connectivity index (χ4n) is 5.49. The molecule has 2 aliphatic heterocycles. The SMILES string of the molecule is COC(=O)C1=CO[C@@H](O[C@@H]2O[C@H](COC(C)=O)[C@@H](OC(C)=O)[C@H](OC(C)=O)[C@H]2OC(C)=O)[C@@H]2[C@H](COC(C)=O)CC[C@H]12. The van der Waals surface area contributed by atoms with Crippen LogP contribution in [0.15, 0.2) is 11.8 Å². The number of carbonyl (C=O) groups is 6. The molecular weight excluding hydrogens is 564 g/mol. The van der Waals surface area contributed by atoms with Crippen LogP contribution in [0.3, 0.4) is 0 Å². The van der Waals surface area contributed by atoms with Gasteiger partial charge in [0.25, 0.3) is 0 Å². The minimum absolute atomic E-state index is 0.0206. The smallest absolute Gasteiger partial charge is 0.337 e. The summed E-state index contributed by atoms with van der Waals surface area (Å²) in [6.45, 7) is 5.35. The first-order valence-electron chi connectivity index (χ1n) is 13.4. The lowest BCUT2D eigenvalue weighted by atomic mass is 9.83. The van der Waals surface area contributed by atoms with Gasteiger partial charge in [-0.05, 0) is 12.8 Å². The molecule has 3 aliphatic rings. The molecule has 0 aromatic rings. The molecule has 234 valence electrons. The third-order valence-corrected chi connectivity index (χ3v) is 7.04. The molecule has 0 aromatic heterocycles. The van der Waals surface area contributed by atoms with Crippen molar-refractivity contribution in [2.45, 2.75) is 84.5 Å². The maximum absolute atomic E-state index is 12.5. The minimum atomic E-state index is -1.50. The normalized spacial score (nSPS) is 31.8. The molecule has 15 nitrogen and oxygen atoms in total. The third-order valence-electron chi connectivity index (χ3n) is 7.04. The molecule has 15 heteroatoms. The van der Waals surface area contributed by atoms with E-state index in [-0.39, 0.29) is 18.1 Å². The molecule has 0 bridgehead atoms. The molecule has 1 aliphatic carbocycles. The van der Waals surface area contributed by atoms with Crippen LogP contribution in [-0.2, 0) is 71.4 Å². The Bertz CT molecular complexity index is 1080. The minimum Gasteiger partial charge on any atom is -0.472 e. The van der Waals surface area contributed by atoms with Gasteiger partial charge in [-0.15, -0.1) is 0 Å². The van der Waals surface area contributed by atoms with E-state index in [0.29, 0.717) is 12.8 Å². The molecule has 0 unspecified atom stereocenters. The Labute approximate surface area is 242 Å². The lowest BCUT2D eigenvalue weighted by molar-refractivity contribution is -0.345. The molecule has 0 spiro atoms. The molecule has 3 rings (SSSR count). The average Bonchev–Trinajstić information content (AvgIpc) is 3.33. The predicted molar refractivity (Wildman–Crippen MR) is 134 cm³/mol. The Balaban J connectivity index is 2.00. The van der Waals surface area contributed by atoms with Crippen molar-refractivity contribution in [1.29, 1.82) is 0 Å². The summed E-state index contributed by atoms with van der Waals surface area (Å²) < 4.78 is 49.6. The fourth-order valence-corrected chi connectivity index (χ4v) is 5.49. The summed E-state index contributed by atoms with van der Waals surface area (Å²) >= 11 is 0. The topological polar surface area (TPSA) is 185 Å². The van der Waals surface area contributed by atoms with Gasteiger partial charge in [-0.25, -0.2) is 4.79 Å². The molecule has 0 amide bonds. The summed E-state index contributed by atoms with van der Waals surface area (Å²) in [5.74, 6) is -5.36. The van der Waals surface area contributed by atoms with E-state index < -0.39 is 91.3 Å². The summed E-state index contributed by atoms with van der Waals surface area (Å²) in [4.78, 5) is 71.8. The number of carbonyl (C=O) groups excluding carboxylic acids is 6. The van der Waals surface area contributed by atoms with Crippen LogP contribution < -0.4 is 0 Å². The predicted octanol–water partition coefficient (Wildman–Crippen LogP) is 0.705. The van der Waals surface area contributed by atoms with Crippen LogP contribution in [0.1, 0.15) is 47.5 Å². The number of rotatable bonds is 10. The Morgan fingerprint density at radius 2 is 1.31 bits per heavy atom. The van der Waals surface area contributed by atoms with Crippen LogP contribution in [-0.4, -0.2) is 93.1 Å². The van der Waals surface area contributed by atoms with Gasteiger partial charge in [0.1, 0.15) is 12.7 Å². The van der Waals surface area contributed by atoms with E-state index in [0.717, 1.165) is 27.7 Å². The Morgan fingerprint density at radius 3 is 1.88 bits per heavy atom. The zero-order valence-electron chi connectivity index (χ0n) is 24.2. The second-order valence-corrected chi connectivity index (χ2v) is 10.1. The van der Waals surface area contributed by atoms with Crippen LogP contribution in [0.2, 0.25) is 0 Å². The van der Waals surface area contributed by atoms with E-state index in [1.807, 2.05) is 0 Å². The Morgan fingerprint density at radius 1 is 0.738 bits per heavy atom. The largest absolute Gasteiger partial charge is 0.472 e. The van der Waals surface area contributed by atoms with E-state index in [9.17, 15) is 28.8 Å². The molecule has 0 aromatic carbocycles. The quantitative estimate of drug-likeness (QED) is 0.252. The maximum Gasteiger partial charge on any atom is 0.337 e. The van der Waals surface area contributed by atoms with Crippen molar-refractivity contribution in [1.82, 2.24) is 0 Å². The van der Waals surface area contributed by atoms with Gasteiger partial charge in [0.05, 0.1) is 25.6 Å². The number of esters is 6. The second kappa shape index (κ2) is 14.4. The van der Waals surface area contributed by atoms with Gasteiger partial charge in [-0.1, -0.05) is 0 Å². The van der Waals surface area contributed by atoms with Gasteiger partial charge >= 0.3 is 35.8 Å². The van der Waals surface area contributed by atoms with Crippen molar-refractivity contribution in [3.8, 4) is 0 Å². The van der Waals surface area contributed by atoms with Crippen molar-refractivity contribution < 1.29 is 71.4 Å². The van der Waals surface area contributed by atoms with E-state index >= 15 is 0 Å². The lowest BCUT2D eigenvalue weighted by Crippen LogP contribution is -2.63. The first-order chi connectivity index (χ1) is 19.8. The van der Waals surface area contributed by atoms with E-state index in [1.54, 1.807) is 0 Å². The zero-order chi connectivity index (χ0) is 31.1. The highest BCUT2D eigenvalue weighted by Gasteiger charge is 2.56. The van der Waals surface area contributed by atoms with Crippen molar-refractivity contribution in [2.24, 2.45) is 17.8 Å². The lowest BCUT2D eigenvalue weighted by Gasteiger charge is -2.46. The van der Waals surface area contributed by atoms with Crippen LogP contribution in [0.4, 0.5) is 0 Å². The van der Waals surface area contributed by atoms with Gasteiger partial charge in [-0.2, -0.15) is 0 Å². The number of hydrogen-bond donors (Lipinski definition) is 0. The van der Waals surface area contributed by atoms with Gasteiger partial charge in [0.15, 0.2) is 18.3 Å². The standard InChI is InChI=1S/C27H36O15/c1-12(28)35-9-17-7-8-18-19(25(33)34-6)10-37-26(21(17)18)42-27-24(40-16(5)32)23(39-15(4)31)22(38-14(3)30)20(41-27)11-36-13(2)29/h10,17-18,20-24,26-27H,7-9,11H2,1-6H3/t17-,18+,20+,21+,22+,23-,24+,26-,27-/m0/s1. The maximum atomic E-state index is 12.5. The number of methoxy groups -OCH3 is 1. The second-order valence-electron chi connectivity index (χ2n) is 10.1. The van der Waals surface area contributed by atoms with Gasteiger partial charge in [0, 0.05) is 52.4 Å². The van der Waals surface area contributed by atoms with Crippen LogP contribution in [0.25, 0.3) is 0 Å². The summed E-state index contributed by atoms with van der Waals surface area (Å²) in [6, 6.07) is 0. The highest BCUT2D eigenvalue weighted by molar-refractivity contribution is 5.89. The summed E-state index contributed by atoms with van der Waals surface area (Å²) in [5.41, 5.74) is 0.272. The molecule has 42 heavy (non-hydrogen) atoms. The van der Waals surface area contributed by atoms with Gasteiger partial charge < -0.3 is 42.6 Å².